The predicted molar refractivity (Wildman–Crippen MR) is 91.2 cm³/mol. The van der Waals surface area contributed by atoms with Gasteiger partial charge < -0.3 is 0 Å². The third-order valence-electron chi connectivity index (χ3n) is 6.47. The molecular formula is C21H30F2. The van der Waals surface area contributed by atoms with Crippen LogP contribution < -0.4 is 0 Å². The van der Waals surface area contributed by atoms with Crippen LogP contribution in [0, 0.1) is 35.3 Å². The summed E-state index contributed by atoms with van der Waals surface area (Å²) in [5, 5.41) is 0. The molecule has 0 spiro atoms. The summed E-state index contributed by atoms with van der Waals surface area (Å²) in [6, 6.07) is 4.55. The Morgan fingerprint density at radius 3 is 2.13 bits per heavy atom. The topological polar surface area (TPSA) is 0 Å². The summed E-state index contributed by atoms with van der Waals surface area (Å²) in [5.74, 6) is 2.19. The van der Waals surface area contributed by atoms with E-state index in [1.807, 2.05) is 0 Å². The fourth-order valence-electron chi connectivity index (χ4n) is 4.81. The second-order valence-corrected chi connectivity index (χ2v) is 8.05. The van der Waals surface area contributed by atoms with E-state index in [9.17, 15) is 8.78 Å². The first-order valence-corrected chi connectivity index (χ1v) is 9.56. The van der Waals surface area contributed by atoms with E-state index in [0.29, 0.717) is 17.9 Å². The van der Waals surface area contributed by atoms with Gasteiger partial charge in [0.25, 0.3) is 0 Å². The zero-order valence-corrected chi connectivity index (χ0v) is 14.4. The lowest BCUT2D eigenvalue weighted by molar-refractivity contribution is 0.147. The Kier molecular flexibility index (Phi) is 5.71. The van der Waals surface area contributed by atoms with Crippen molar-refractivity contribution in [2.24, 2.45) is 23.7 Å². The van der Waals surface area contributed by atoms with Crippen molar-refractivity contribution in [2.45, 2.75) is 71.1 Å². The summed E-state index contributed by atoms with van der Waals surface area (Å²) in [4.78, 5) is 0. The van der Waals surface area contributed by atoms with Gasteiger partial charge in [-0.2, -0.15) is 0 Å². The van der Waals surface area contributed by atoms with Gasteiger partial charge >= 0.3 is 0 Å². The van der Waals surface area contributed by atoms with Crippen molar-refractivity contribution >= 4 is 0 Å². The van der Waals surface area contributed by atoms with E-state index in [0.717, 1.165) is 24.2 Å². The molecule has 0 bridgehead atoms. The predicted octanol–water partition coefficient (Wildman–Crippen LogP) is 6.53. The third-order valence-corrected chi connectivity index (χ3v) is 6.47. The van der Waals surface area contributed by atoms with Crippen molar-refractivity contribution in [2.75, 3.05) is 0 Å². The first-order chi connectivity index (χ1) is 11.1. The van der Waals surface area contributed by atoms with Gasteiger partial charge in [0.05, 0.1) is 0 Å². The lowest BCUT2D eigenvalue weighted by atomic mass is 9.69. The van der Waals surface area contributed by atoms with Crippen molar-refractivity contribution in [3.63, 3.8) is 0 Å². The Balaban J connectivity index is 1.43. The maximum atomic E-state index is 13.7. The summed E-state index contributed by atoms with van der Waals surface area (Å²) in [6.07, 6.45) is 12.7. The molecule has 2 saturated carbocycles. The van der Waals surface area contributed by atoms with Crippen molar-refractivity contribution in [3.05, 3.63) is 35.4 Å². The van der Waals surface area contributed by atoms with Crippen molar-refractivity contribution in [1.29, 1.82) is 0 Å². The molecule has 128 valence electrons. The minimum Gasteiger partial charge on any atom is -0.204 e. The number of rotatable bonds is 4. The maximum absolute atomic E-state index is 13.7. The van der Waals surface area contributed by atoms with Gasteiger partial charge in [0.15, 0.2) is 11.6 Å². The fraction of sp³-hybridized carbons (Fsp3) is 0.714. The first kappa shape index (κ1) is 16.9. The lowest BCUT2D eigenvalue weighted by Gasteiger charge is -2.37. The summed E-state index contributed by atoms with van der Waals surface area (Å²) in [7, 11) is 0. The van der Waals surface area contributed by atoms with Crippen molar-refractivity contribution in [1.82, 2.24) is 0 Å². The lowest BCUT2D eigenvalue weighted by Crippen LogP contribution is -2.25. The standard InChI is InChI=1S/C21H30F2/c1-15-5-10-17(11-6-15)18-12-7-16(8-13-18)9-14-19-3-2-4-20(22)21(19)23/h2-4,15-18H,5-14H2,1H3. The highest BCUT2D eigenvalue weighted by atomic mass is 19.2. The second-order valence-electron chi connectivity index (χ2n) is 8.05. The van der Waals surface area contributed by atoms with Gasteiger partial charge in [-0.25, -0.2) is 8.78 Å². The molecule has 2 heteroatoms. The van der Waals surface area contributed by atoms with Crippen LogP contribution in [0.3, 0.4) is 0 Å². The van der Waals surface area contributed by atoms with Crippen LogP contribution in [0.5, 0.6) is 0 Å². The first-order valence-electron chi connectivity index (χ1n) is 9.56. The number of aryl methyl sites for hydroxylation is 1. The average Bonchev–Trinajstić information content (AvgIpc) is 2.57. The Bertz CT molecular complexity index is 495. The SMILES string of the molecule is CC1CCC(C2CCC(CCc3cccc(F)c3F)CC2)CC1. The molecule has 0 radical (unpaired) electrons. The fourth-order valence-corrected chi connectivity index (χ4v) is 4.81. The quantitative estimate of drug-likeness (QED) is 0.591. The molecule has 0 atom stereocenters. The average molecular weight is 320 g/mol. The van der Waals surface area contributed by atoms with E-state index in [1.165, 1.54) is 57.4 Å². The van der Waals surface area contributed by atoms with Crippen molar-refractivity contribution < 1.29 is 8.78 Å². The minimum absolute atomic E-state index is 0.549. The molecule has 2 fully saturated rings. The third kappa shape index (κ3) is 4.33. The number of benzene rings is 1. The Labute approximate surface area is 139 Å². The van der Waals surface area contributed by atoms with Crippen LogP contribution in [0.1, 0.15) is 70.3 Å². The monoisotopic (exact) mass is 320 g/mol. The van der Waals surface area contributed by atoms with Gasteiger partial charge in [0, 0.05) is 0 Å². The van der Waals surface area contributed by atoms with Crippen LogP contribution in [0.4, 0.5) is 8.78 Å². The highest BCUT2D eigenvalue weighted by Crippen LogP contribution is 2.42. The van der Waals surface area contributed by atoms with Crippen molar-refractivity contribution in [3.8, 4) is 0 Å². The Hall–Kier alpha value is -0.920. The van der Waals surface area contributed by atoms with E-state index < -0.39 is 11.6 Å². The zero-order chi connectivity index (χ0) is 16.2. The van der Waals surface area contributed by atoms with Gasteiger partial charge in [0.1, 0.15) is 0 Å². The molecule has 0 heterocycles. The molecule has 2 aliphatic rings. The summed E-state index contributed by atoms with van der Waals surface area (Å²) in [6.45, 7) is 2.39. The van der Waals surface area contributed by atoms with E-state index in [-0.39, 0.29) is 0 Å². The van der Waals surface area contributed by atoms with Crippen LogP contribution in [0.15, 0.2) is 18.2 Å². The van der Waals surface area contributed by atoms with Crippen LogP contribution in [-0.4, -0.2) is 0 Å². The molecule has 0 aromatic heterocycles. The van der Waals surface area contributed by atoms with Crippen LogP contribution >= 0.6 is 0 Å². The molecular weight excluding hydrogens is 290 g/mol. The van der Waals surface area contributed by atoms with Gasteiger partial charge in [-0.15, -0.1) is 0 Å². The zero-order valence-electron chi connectivity index (χ0n) is 14.4. The molecule has 23 heavy (non-hydrogen) atoms. The van der Waals surface area contributed by atoms with Gasteiger partial charge in [0.2, 0.25) is 0 Å². The number of hydrogen-bond donors (Lipinski definition) is 0. The van der Waals surface area contributed by atoms with E-state index in [4.69, 9.17) is 0 Å². The van der Waals surface area contributed by atoms with Gasteiger partial charge in [-0.05, 0) is 73.8 Å². The molecule has 1 aromatic rings. The van der Waals surface area contributed by atoms with Gasteiger partial charge in [-0.1, -0.05) is 44.7 Å². The van der Waals surface area contributed by atoms with E-state index in [2.05, 4.69) is 6.92 Å². The van der Waals surface area contributed by atoms with E-state index in [1.54, 1.807) is 12.1 Å². The largest absolute Gasteiger partial charge is 0.204 e. The van der Waals surface area contributed by atoms with Gasteiger partial charge in [-0.3, -0.25) is 0 Å². The minimum atomic E-state index is -0.710. The maximum Gasteiger partial charge on any atom is 0.162 e. The Morgan fingerprint density at radius 2 is 1.48 bits per heavy atom. The number of hydrogen-bond acceptors (Lipinski definition) is 0. The molecule has 2 aliphatic carbocycles. The summed E-state index contributed by atoms with van der Waals surface area (Å²) < 4.78 is 27.0. The normalized spacial score (nSPS) is 32.0. The molecule has 1 aromatic carbocycles. The molecule has 0 aliphatic heterocycles. The van der Waals surface area contributed by atoms with Crippen LogP contribution in [0.25, 0.3) is 0 Å². The number of halogens is 2. The summed E-state index contributed by atoms with van der Waals surface area (Å²) in [5.41, 5.74) is 0.549. The molecule has 0 amide bonds. The Morgan fingerprint density at radius 1 is 0.870 bits per heavy atom. The van der Waals surface area contributed by atoms with Crippen LogP contribution in [-0.2, 0) is 6.42 Å². The molecule has 0 nitrogen and oxygen atoms in total. The second kappa shape index (κ2) is 7.77. The summed E-state index contributed by atoms with van der Waals surface area (Å²) >= 11 is 0. The highest BCUT2D eigenvalue weighted by Gasteiger charge is 2.29. The van der Waals surface area contributed by atoms with E-state index >= 15 is 0 Å². The molecule has 0 N–H and O–H groups in total. The molecule has 0 unspecified atom stereocenters. The van der Waals surface area contributed by atoms with Crippen LogP contribution in [0.2, 0.25) is 0 Å². The molecule has 0 saturated heterocycles. The molecule has 3 rings (SSSR count). The smallest absolute Gasteiger partial charge is 0.162 e. The highest BCUT2D eigenvalue weighted by molar-refractivity contribution is 5.19.